The predicted octanol–water partition coefficient (Wildman–Crippen LogP) is 2.96. The summed E-state index contributed by atoms with van der Waals surface area (Å²) < 4.78 is 43.4. The van der Waals surface area contributed by atoms with E-state index < -0.39 is 12.1 Å². The quantitative estimate of drug-likeness (QED) is 0.709. The molecule has 0 aromatic carbocycles. The first-order valence-corrected chi connectivity index (χ1v) is 7.85. The molecule has 3 aromatic heterocycles. The molecular formula is C13H10F3N5OS2. The molecule has 0 spiro atoms. The molecule has 0 saturated carbocycles. The average Bonchev–Trinajstić information content (AvgIpc) is 3.25. The highest BCUT2D eigenvalue weighted by molar-refractivity contribution is 7.80. The Morgan fingerprint density at radius 2 is 2.17 bits per heavy atom. The molecule has 1 N–H and O–H groups in total. The lowest BCUT2D eigenvalue weighted by Crippen LogP contribution is -2.17. The molecule has 3 heterocycles. The lowest BCUT2D eigenvalue weighted by Gasteiger charge is -1.99. The Balaban J connectivity index is 1.75. The first-order valence-electron chi connectivity index (χ1n) is 6.62. The third-order valence-corrected chi connectivity index (χ3v) is 4.45. The third-order valence-electron chi connectivity index (χ3n) is 2.97. The van der Waals surface area contributed by atoms with Crippen LogP contribution in [-0.4, -0.2) is 32.0 Å². The summed E-state index contributed by atoms with van der Waals surface area (Å²) in [5.41, 5.74) is 0.650. The fourth-order valence-corrected chi connectivity index (χ4v) is 2.91. The van der Waals surface area contributed by atoms with Crippen molar-refractivity contribution < 1.29 is 17.7 Å². The van der Waals surface area contributed by atoms with Crippen LogP contribution >= 0.6 is 23.6 Å². The molecule has 0 radical (unpaired) electrons. The fourth-order valence-electron chi connectivity index (χ4n) is 1.88. The number of rotatable bonds is 4. The normalized spacial score (nSPS) is 11.7. The molecule has 0 saturated heterocycles. The second-order valence-corrected chi connectivity index (χ2v) is 6.24. The molecule has 0 unspecified atom stereocenters. The van der Waals surface area contributed by atoms with Gasteiger partial charge in [0.05, 0.1) is 11.4 Å². The minimum atomic E-state index is -4.65. The van der Waals surface area contributed by atoms with E-state index in [0.717, 1.165) is 4.88 Å². The van der Waals surface area contributed by atoms with Crippen molar-refractivity contribution in [3.8, 4) is 10.7 Å². The number of thiocarbonyl (C=S) groups is 1. The van der Waals surface area contributed by atoms with Crippen molar-refractivity contribution in [2.75, 3.05) is 7.05 Å². The molecule has 3 aromatic rings. The van der Waals surface area contributed by atoms with E-state index in [-0.39, 0.29) is 5.82 Å². The Hall–Kier alpha value is -2.27. The van der Waals surface area contributed by atoms with E-state index in [2.05, 4.69) is 25.1 Å². The maximum absolute atomic E-state index is 12.5. The number of halogens is 3. The maximum Gasteiger partial charge on any atom is 0.471 e. The van der Waals surface area contributed by atoms with Gasteiger partial charge < -0.3 is 9.84 Å². The van der Waals surface area contributed by atoms with Crippen LogP contribution in [0.5, 0.6) is 0 Å². The molecule has 24 heavy (non-hydrogen) atoms. The zero-order chi connectivity index (χ0) is 17.3. The van der Waals surface area contributed by atoms with E-state index in [4.69, 9.17) is 12.2 Å². The van der Waals surface area contributed by atoms with Gasteiger partial charge in [-0.25, -0.2) is 0 Å². The van der Waals surface area contributed by atoms with Crippen molar-refractivity contribution in [2.45, 2.75) is 12.7 Å². The minimum absolute atomic E-state index is 0.0870. The highest BCUT2D eigenvalue weighted by Gasteiger charge is 2.38. The Kier molecular flexibility index (Phi) is 4.37. The Bertz CT molecular complexity index is 867. The van der Waals surface area contributed by atoms with Crippen LogP contribution in [0.1, 0.15) is 16.5 Å². The van der Waals surface area contributed by atoms with Crippen LogP contribution in [0.2, 0.25) is 0 Å². The monoisotopic (exact) mass is 373 g/mol. The highest BCUT2D eigenvalue weighted by Crippen LogP contribution is 2.31. The van der Waals surface area contributed by atoms with Gasteiger partial charge in [0.1, 0.15) is 10.7 Å². The molecule has 0 aliphatic carbocycles. The number of hydrogen-bond donors (Lipinski definition) is 1. The summed E-state index contributed by atoms with van der Waals surface area (Å²) >= 11 is 6.36. The van der Waals surface area contributed by atoms with Gasteiger partial charge in [0.2, 0.25) is 5.82 Å². The summed E-state index contributed by atoms with van der Waals surface area (Å²) in [5.74, 6) is -1.44. The largest absolute Gasteiger partial charge is 0.471 e. The van der Waals surface area contributed by atoms with Crippen LogP contribution in [0.3, 0.4) is 0 Å². The van der Waals surface area contributed by atoms with Crippen LogP contribution in [0.15, 0.2) is 28.9 Å². The van der Waals surface area contributed by atoms with Gasteiger partial charge in [-0.2, -0.15) is 23.3 Å². The first-order chi connectivity index (χ1) is 11.4. The lowest BCUT2D eigenvalue weighted by molar-refractivity contribution is -0.159. The van der Waals surface area contributed by atoms with Crippen molar-refractivity contribution in [2.24, 2.45) is 0 Å². The van der Waals surface area contributed by atoms with Crippen LogP contribution in [0.4, 0.5) is 13.2 Å². The zero-order valence-corrected chi connectivity index (χ0v) is 13.8. The van der Waals surface area contributed by atoms with Gasteiger partial charge in [-0.05, 0) is 18.2 Å². The third kappa shape index (κ3) is 3.46. The Morgan fingerprint density at radius 1 is 1.38 bits per heavy atom. The summed E-state index contributed by atoms with van der Waals surface area (Å²) in [4.78, 5) is 5.28. The summed E-state index contributed by atoms with van der Waals surface area (Å²) in [6.07, 6.45) is -2.88. The van der Waals surface area contributed by atoms with E-state index >= 15 is 0 Å². The minimum Gasteiger partial charge on any atom is -0.378 e. The van der Waals surface area contributed by atoms with Crippen molar-refractivity contribution in [1.82, 2.24) is 25.2 Å². The summed E-state index contributed by atoms with van der Waals surface area (Å²) in [6.45, 7) is 0.459. The van der Waals surface area contributed by atoms with E-state index in [1.807, 2.05) is 0 Å². The number of thiophene rings is 1. The molecule has 126 valence electrons. The number of hydrogen-bond acceptors (Lipinski definition) is 6. The molecule has 6 nitrogen and oxygen atoms in total. The average molecular weight is 373 g/mol. The topological polar surface area (TPSA) is 68.8 Å². The highest BCUT2D eigenvalue weighted by atomic mass is 32.1. The van der Waals surface area contributed by atoms with Crippen LogP contribution in [0, 0.1) is 0 Å². The van der Waals surface area contributed by atoms with E-state index in [0.29, 0.717) is 22.1 Å². The van der Waals surface area contributed by atoms with Crippen molar-refractivity contribution in [3.63, 3.8) is 0 Å². The van der Waals surface area contributed by atoms with Gasteiger partial charge in [0.15, 0.2) is 0 Å². The first kappa shape index (κ1) is 16.6. The lowest BCUT2D eigenvalue weighted by atomic mass is 10.4. The van der Waals surface area contributed by atoms with Crippen molar-refractivity contribution >= 4 is 28.5 Å². The zero-order valence-electron chi connectivity index (χ0n) is 12.2. The number of nitrogens with zero attached hydrogens (tertiary/aromatic N) is 4. The Labute approximate surface area is 143 Å². The van der Waals surface area contributed by atoms with Gasteiger partial charge in [-0.3, -0.25) is 4.68 Å². The molecule has 11 heteroatoms. The standard InChI is InChI=1S/C13H10F3N5OS2/c1-17-11(23)8-4-5-21(19-8)6-7-2-3-9(24-7)10-18-12(22-20-10)13(14,15)16/h2-5H,6H2,1H3,(H,17,23). The number of aromatic nitrogens is 4. The number of nitrogens with one attached hydrogen (secondary N) is 1. The molecule has 3 rings (SSSR count). The molecule has 0 aliphatic heterocycles. The van der Waals surface area contributed by atoms with E-state index in [1.165, 1.54) is 11.3 Å². The molecule has 0 atom stereocenters. The second-order valence-electron chi connectivity index (χ2n) is 4.66. The molecular weight excluding hydrogens is 363 g/mol. The van der Waals surface area contributed by atoms with Gasteiger partial charge in [-0.1, -0.05) is 17.4 Å². The predicted molar refractivity (Wildman–Crippen MR) is 84.7 cm³/mol. The van der Waals surface area contributed by atoms with Gasteiger partial charge >= 0.3 is 12.1 Å². The van der Waals surface area contributed by atoms with Crippen molar-refractivity contribution in [3.05, 3.63) is 40.9 Å². The van der Waals surface area contributed by atoms with Crippen LogP contribution < -0.4 is 5.32 Å². The van der Waals surface area contributed by atoms with Gasteiger partial charge in [0, 0.05) is 18.1 Å². The second kappa shape index (κ2) is 6.32. The van der Waals surface area contributed by atoms with Crippen LogP contribution in [0.25, 0.3) is 10.7 Å². The SMILES string of the molecule is CNC(=S)c1ccn(Cc2ccc(-c3noc(C(F)(F)F)n3)s2)n1. The van der Waals surface area contributed by atoms with Crippen LogP contribution in [-0.2, 0) is 12.7 Å². The maximum atomic E-state index is 12.5. The van der Waals surface area contributed by atoms with Crippen molar-refractivity contribution in [1.29, 1.82) is 0 Å². The smallest absolute Gasteiger partial charge is 0.378 e. The summed E-state index contributed by atoms with van der Waals surface area (Å²) in [5, 5.41) is 10.5. The summed E-state index contributed by atoms with van der Waals surface area (Å²) in [6, 6.07) is 5.21. The molecule has 0 amide bonds. The molecule has 0 fully saturated rings. The van der Waals surface area contributed by atoms with E-state index in [9.17, 15) is 13.2 Å². The fraction of sp³-hybridized carbons (Fsp3) is 0.231. The summed E-state index contributed by atoms with van der Waals surface area (Å²) in [7, 11) is 1.72. The molecule has 0 bridgehead atoms. The van der Waals surface area contributed by atoms with Gasteiger partial charge in [-0.15, -0.1) is 11.3 Å². The Morgan fingerprint density at radius 3 is 2.83 bits per heavy atom. The van der Waals surface area contributed by atoms with Gasteiger partial charge in [0.25, 0.3) is 0 Å². The molecule has 0 aliphatic rings. The number of alkyl halides is 3. The van der Waals surface area contributed by atoms with E-state index in [1.54, 1.807) is 36.1 Å².